The van der Waals surface area contributed by atoms with E-state index in [1.165, 1.54) is 15.6 Å². The maximum Gasteiger partial charge on any atom is 0.107 e. The van der Waals surface area contributed by atoms with Crippen molar-refractivity contribution in [1.29, 1.82) is 0 Å². The standard InChI is InChI=1S/C14H25N3S/c1-9(2)13-7-17(10(3)6-15-13)8-14-16-11(4)12(5)18-14/h9-10,13,15H,6-8H2,1-5H3. The van der Waals surface area contributed by atoms with Crippen LogP contribution in [0.4, 0.5) is 0 Å². The molecule has 0 radical (unpaired) electrons. The minimum absolute atomic E-state index is 0.601. The predicted molar refractivity (Wildman–Crippen MR) is 78.1 cm³/mol. The maximum atomic E-state index is 4.67. The topological polar surface area (TPSA) is 28.2 Å². The summed E-state index contributed by atoms with van der Waals surface area (Å²) in [5.74, 6) is 0.694. The highest BCUT2D eigenvalue weighted by Gasteiger charge is 2.27. The summed E-state index contributed by atoms with van der Waals surface area (Å²) in [6, 6.07) is 1.22. The number of aryl methyl sites for hydroxylation is 2. The highest BCUT2D eigenvalue weighted by Crippen LogP contribution is 2.21. The van der Waals surface area contributed by atoms with Crippen LogP contribution in [0.2, 0.25) is 0 Å². The molecule has 1 aliphatic rings. The Bertz CT molecular complexity index is 380. The van der Waals surface area contributed by atoms with Crippen LogP contribution in [-0.2, 0) is 6.54 Å². The Labute approximate surface area is 115 Å². The van der Waals surface area contributed by atoms with Crippen LogP contribution in [0, 0.1) is 19.8 Å². The molecule has 0 bridgehead atoms. The van der Waals surface area contributed by atoms with Crippen LogP contribution in [0.1, 0.15) is 36.3 Å². The van der Waals surface area contributed by atoms with Gasteiger partial charge in [-0.15, -0.1) is 11.3 Å². The van der Waals surface area contributed by atoms with E-state index < -0.39 is 0 Å². The van der Waals surface area contributed by atoms with Crippen molar-refractivity contribution in [3.63, 3.8) is 0 Å². The van der Waals surface area contributed by atoms with E-state index in [-0.39, 0.29) is 0 Å². The molecule has 0 spiro atoms. The minimum Gasteiger partial charge on any atom is -0.311 e. The molecular weight excluding hydrogens is 242 g/mol. The van der Waals surface area contributed by atoms with Gasteiger partial charge < -0.3 is 5.32 Å². The van der Waals surface area contributed by atoms with Gasteiger partial charge in [0.25, 0.3) is 0 Å². The number of hydrogen-bond donors (Lipinski definition) is 1. The number of piperazine rings is 1. The first-order chi connectivity index (χ1) is 8.47. The molecule has 4 heteroatoms. The van der Waals surface area contributed by atoms with Crippen LogP contribution in [0.15, 0.2) is 0 Å². The van der Waals surface area contributed by atoms with Crippen molar-refractivity contribution in [3.8, 4) is 0 Å². The first-order valence-electron chi connectivity index (χ1n) is 6.87. The molecule has 0 aromatic carbocycles. The van der Waals surface area contributed by atoms with Gasteiger partial charge in [-0.25, -0.2) is 4.98 Å². The molecular formula is C14H25N3S. The lowest BCUT2D eigenvalue weighted by Crippen LogP contribution is -2.56. The smallest absolute Gasteiger partial charge is 0.107 e. The van der Waals surface area contributed by atoms with Crippen LogP contribution >= 0.6 is 11.3 Å². The van der Waals surface area contributed by atoms with Crippen molar-refractivity contribution in [2.45, 2.75) is 53.2 Å². The fourth-order valence-corrected chi connectivity index (χ4v) is 3.36. The predicted octanol–water partition coefficient (Wildman–Crippen LogP) is 2.58. The second-order valence-corrected chi connectivity index (χ2v) is 7.07. The molecule has 1 aromatic rings. The van der Waals surface area contributed by atoms with E-state index in [9.17, 15) is 0 Å². The molecule has 102 valence electrons. The second kappa shape index (κ2) is 5.68. The third-order valence-corrected chi connectivity index (χ3v) is 5.00. The Morgan fingerprint density at radius 3 is 2.72 bits per heavy atom. The molecule has 18 heavy (non-hydrogen) atoms. The quantitative estimate of drug-likeness (QED) is 0.912. The summed E-state index contributed by atoms with van der Waals surface area (Å²) < 4.78 is 0. The zero-order chi connectivity index (χ0) is 13.3. The largest absolute Gasteiger partial charge is 0.311 e. The molecule has 3 nitrogen and oxygen atoms in total. The summed E-state index contributed by atoms with van der Waals surface area (Å²) in [4.78, 5) is 8.59. The van der Waals surface area contributed by atoms with Crippen molar-refractivity contribution in [2.24, 2.45) is 5.92 Å². The van der Waals surface area contributed by atoms with Crippen molar-refractivity contribution in [3.05, 3.63) is 15.6 Å². The second-order valence-electron chi connectivity index (χ2n) is 5.79. The molecule has 1 N–H and O–H groups in total. The fourth-order valence-electron chi connectivity index (χ4n) is 2.40. The lowest BCUT2D eigenvalue weighted by molar-refractivity contribution is 0.116. The molecule has 1 aromatic heterocycles. The van der Waals surface area contributed by atoms with Gasteiger partial charge in [-0.1, -0.05) is 13.8 Å². The molecule has 0 aliphatic carbocycles. The molecule has 1 aliphatic heterocycles. The summed E-state index contributed by atoms with van der Waals surface area (Å²) in [6.45, 7) is 14.4. The van der Waals surface area contributed by atoms with Crippen LogP contribution in [0.5, 0.6) is 0 Å². The maximum absolute atomic E-state index is 4.67. The van der Waals surface area contributed by atoms with Crippen LogP contribution < -0.4 is 5.32 Å². The Kier molecular flexibility index (Phi) is 4.41. The van der Waals surface area contributed by atoms with Crippen LogP contribution in [0.3, 0.4) is 0 Å². The molecule has 1 fully saturated rings. The number of thiazole rings is 1. The summed E-state index contributed by atoms with van der Waals surface area (Å²) >= 11 is 1.85. The number of rotatable bonds is 3. The molecule has 1 saturated heterocycles. The molecule has 2 unspecified atom stereocenters. The van der Waals surface area contributed by atoms with Gasteiger partial charge in [0.15, 0.2) is 0 Å². The van der Waals surface area contributed by atoms with E-state index in [0.29, 0.717) is 18.0 Å². The molecule has 0 amide bonds. The lowest BCUT2D eigenvalue weighted by Gasteiger charge is -2.40. The summed E-state index contributed by atoms with van der Waals surface area (Å²) in [7, 11) is 0. The number of nitrogens with one attached hydrogen (secondary N) is 1. The third kappa shape index (κ3) is 3.11. The molecule has 0 saturated carbocycles. The summed E-state index contributed by atoms with van der Waals surface area (Å²) in [6.07, 6.45) is 0. The Morgan fingerprint density at radius 2 is 2.17 bits per heavy atom. The van der Waals surface area contributed by atoms with Gasteiger partial charge in [-0.05, 0) is 26.7 Å². The minimum atomic E-state index is 0.601. The highest BCUT2D eigenvalue weighted by molar-refractivity contribution is 7.11. The van der Waals surface area contributed by atoms with Crippen molar-refractivity contribution >= 4 is 11.3 Å². The van der Waals surface area contributed by atoms with Gasteiger partial charge >= 0.3 is 0 Å². The third-order valence-electron chi connectivity index (χ3n) is 3.95. The Morgan fingerprint density at radius 1 is 1.44 bits per heavy atom. The van der Waals surface area contributed by atoms with Gasteiger partial charge in [0.2, 0.25) is 0 Å². The van der Waals surface area contributed by atoms with E-state index >= 15 is 0 Å². The van der Waals surface area contributed by atoms with Crippen LogP contribution in [-0.4, -0.2) is 35.1 Å². The van der Waals surface area contributed by atoms with Gasteiger partial charge in [0.05, 0.1) is 12.2 Å². The van der Waals surface area contributed by atoms with E-state index in [0.717, 1.165) is 19.6 Å². The van der Waals surface area contributed by atoms with Crippen molar-refractivity contribution < 1.29 is 0 Å². The average molecular weight is 267 g/mol. The number of nitrogens with zero attached hydrogens (tertiary/aromatic N) is 2. The van der Waals surface area contributed by atoms with Crippen molar-refractivity contribution in [1.82, 2.24) is 15.2 Å². The van der Waals surface area contributed by atoms with Gasteiger partial charge in [0.1, 0.15) is 5.01 Å². The molecule has 2 heterocycles. The number of hydrogen-bond acceptors (Lipinski definition) is 4. The molecule has 2 atom stereocenters. The van der Waals surface area contributed by atoms with Crippen molar-refractivity contribution in [2.75, 3.05) is 13.1 Å². The monoisotopic (exact) mass is 267 g/mol. The van der Waals surface area contributed by atoms with E-state index in [2.05, 4.69) is 49.8 Å². The summed E-state index contributed by atoms with van der Waals surface area (Å²) in [5.41, 5.74) is 1.19. The zero-order valence-electron chi connectivity index (χ0n) is 12.2. The number of aromatic nitrogens is 1. The van der Waals surface area contributed by atoms with Gasteiger partial charge in [-0.3, -0.25) is 4.90 Å². The van der Waals surface area contributed by atoms with Crippen LogP contribution in [0.25, 0.3) is 0 Å². The Hall–Kier alpha value is -0.450. The summed E-state index contributed by atoms with van der Waals surface area (Å²) in [5, 5.41) is 4.91. The Balaban J connectivity index is 2.02. The van der Waals surface area contributed by atoms with E-state index in [1.807, 2.05) is 11.3 Å². The average Bonchev–Trinajstić information content (AvgIpc) is 2.61. The highest BCUT2D eigenvalue weighted by atomic mass is 32.1. The lowest BCUT2D eigenvalue weighted by atomic mass is 10.00. The first-order valence-corrected chi connectivity index (χ1v) is 7.69. The normalized spacial score (nSPS) is 25.9. The van der Waals surface area contributed by atoms with E-state index in [4.69, 9.17) is 0 Å². The fraction of sp³-hybridized carbons (Fsp3) is 0.786. The first kappa shape index (κ1) is 14.0. The van der Waals surface area contributed by atoms with Gasteiger partial charge in [-0.2, -0.15) is 0 Å². The van der Waals surface area contributed by atoms with E-state index in [1.54, 1.807) is 0 Å². The molecule has 2 rings (SSSR count). The zero-order valence-corrected chi connectivity index (χ0v) is 13.0. The van der Waals surface area contributed by atoms with Gasteiger partial charge in [0, 0.05) is 30.1 Å². The SMILES string of the molecule is Cc1nc(CN2CC(C(C)C)NCC2C)sc1C.